The number of nitrogens with two attached hydrogens (primary N) is 1. The number of ketones is 1. The first-order valence-electron chi connectivity index (χ1n) is 4.98. The number of carbonyl (C=O) groups is 2. The second-order valence-corrected chi connectivity index (χ2v) is 3.51. The molecule has 0 saturated heterocycles. The van der Waals surface area contributed by atoms with Crippen molar-refractivity contribution in [3.05, 3.63) is 24.0 Å². The molecule has 0 heterocycles. The Morgan fingerprint density at radius 3 is 2.75 bits per heavy atom. The minimum atomic E-state index is -0.510. The standard InChI is InChI=1S/C11H15NO4/c1-8(13)6-15-9-2-4-10(5-3-9)16-7-11(12)14/h2,4-5,9H,3,6-7H2,1H3,(H2,12,14). The molecule has 1 rings (SSSR count). The summed E-state index contributed by atoms with van der Waals surface area (Å²) in [5.74, 6) is 0.0823. The lowest BCUT2D eigenvalue weighted by molar-refractivity contribution is -0.123. The Kier molecular flexibility index (Phi) is 4.72. The van der Waals surface area contributed by atoms with Gasteiger partial charge in [-0.1, -0.05) is 6.08 Å². The molecule has 88 valence electrons. The highest BCUT2D eigenvalue weighted by atomic mass is 16.5. The smallest absolute Gasteiger partial charge is 0.255 e. The van der Waals surface area contributed by atoms with Crippen molar-refractivity contribution in [3.8, 4) is 0 Å². The van der Waals surface area contributed by atoms with Crippen LogP contribution in [0.15, 0.2) is 24.0 Å². The number of amides is 1. The van der Waals surface area contributed by atoms with Gasteiger partial charge in [0.1, 0.15) is 12.4 Å². The van der Waals surface area contributed by atoms with Gasteiger partial charge in [0.05, 0.1) is 6.10 Å². The molecule has 5 heteroatoms. The first kappa shape index (κ1) is 12.4. The molecule has 0 fully saturated rings. The molecule has 2 N–H and O–H groups in total. The van der Waals surface area contributed by atoms with Crippen molar-refractivity contribution in [2.24, 2.45) is 5.73 Å². The molecular weight excluding hydrogens is 210 g/mol. The summed E-state index contributed by atoms with van der Waals surface area (Å²) in [6, 6.07) is 0. The van der Waals surface area contributed by atoms with Crippen LogP contribution in [0.3, 0.4) is 0 Å². The maximum Gasteiger partial charge on any atom is 0.255 e. The van der Waals surface area contributed by atoms with Crippen molar-refractivity contribution >= 4 is 11.7 Å². The van der Waals surface area contributed by atoms with E-state index in [1.807, 2.05) is 0 Å². The normalized spacial score (nSPS) is 19.1. The molecule has 0 bridgehead atoms. The molecule has 0 spiro atoms. The third-order valence-corrected chi connectivity index (χ3v) is 1.91. The maximum absolute atomic E-state index is 10.7. The SMILES string of the molecule is CC(=O)COC1C=CC(OCC(N)=O)=CC1. The van der Waals surface area contributed by atoms with Crippen LogP contribution in [0.2, 0.25) is 0 Å². The first-order chi connectivity index (χ1) is 7.58. The topological polar surface area (TPSA) is 78.6 Å². The number of Topliss-reactive ketones (excluding diaryl/α,β-unsaturated/α-hetero) is 1. The molecule has 0 radical (unpaired) electrons. The van der Waals surface area contributed by atoms with Crippen LogP contribution in [-0.4, -0.2) is 31.0 Å². The maximum atomic E-state index is 10.7. The van der Waals surface area contributed by atoms with Gasteiger partial charge in [0.25, 0.3) is 5.91 Å². The van der Waals surface area contributed by atoms with Crippen molar-refractivity contribution < 1.29 is 19.1 Å². The number of primary amides is 1. The first-order valence-corrected chi connectivity index (χ1v) is 4.98. The van der Waals surface area contributed by atoms with Gasteiger partial charge in [0, 0.05) is 0 Å². The second kappa shape index (κ2) is 6.07. The minimum Gasteiger partial charge on any atom is -0.484 e. The van der Waals surface area contributed by atoms with Gasteiger partial charge in [-0.25, -0.2) is 0 Å². The van der Waals surface area contributed by atoms with Crippen LogP contribution in [-0.2, 0) is 19.1 Å². The molecule has 1 unspecified atom stereocenters. The van der Waals surface area contributed by atoms with E-state index in [1.54, 1.807) is 18.2 Å². The summed E-state index contributed by atoms with van der Waals surface area (Å²) in [6.07, 6.45) is 5.81. The molecule has 1 amide bonds. The summed E-state index contributed by atoms with van der Waals surface area (Å²) >= 11 is 0. The number of allylic oxidation sites excluding steroid dienone is 1. The van der Waals surface area contributed by atoms with Crippen molar-refractivity contribution in [1.82, 2.24) is 0 Å². The molecule has 16 heavy (non-hydrogen) atoms. The van der Waals surface area contributed by atoms with Crippen LogP contribution in [0.4, 0.5) is 0 Å². The Balaban J connectivity index is 2.29. The summed E-state index contributed by atoms with van der Waals surface area (Å²) in [5, 5.41) is 0. The van der Waals surface area contributed by atoms with Gasteiger partial charge in [-0.15, -0.1) is 0 Å². The van der Waals surface area contributed by atoms with E-state index in [9.17, 15) is 9.59 Å². The summed E-state index contributed by atoms with van der Waals surface area (Å²) in [7, 11) is 0. The number of carbonyl (C=O) groups excluding carboxylic acids is 2. The Labute approximate surface area is 93.9 Å². The van der Waals surface area contributed by atoms with Crippen LogP contribution in [0.5, 0.6) is 0 Å². The number of hydrogen-bond acceptors (Lipinski definition) is 4. The predicted octanol–water partition coefficient (Wildman–Crippen LogP) is 0.306. The lowest BCUT2D eigenvalue weighted by Gasteiger charge is -2.16. The number of rotatable bonds is 6. The van der Waals surface area contributed by atoms with Crippen LogP contribution in [0.1, 0.15) is 13.3 Å². The van der Waals surface area contributed by atoms with E-state index in [4.69, 9.17) is 15.2 Å². The van der Waals surface area contributed by atoms with Gasteiger partial charge < -0.3 is 15.2 Å². The minimum absolute atomic E-state index is 0.00634. The largest absolute Gasteiger partial charge is 0.484 e. The third kappa shape index (κ3) is 4.75. The highest BCUT2D eigenvalue weighted by Gasteiger charge is 2.10. The molecule has 5 nitrogen and oxygen atoms in total. The molecule has 1 aliphatic carbocycles. The van der Waals surface area contributed by atoms with Gasteiger partial charge in [0.15, 0.2) is 12.4 Å². The fraction of sp³-hybridized carbons (Fsp3) is 0.455. The third-order valence-electron chi connectivity index (χ3n) is 1.91. The Morgan fingerprint density at radius 2 is 2.25 bits per heavy atom. The van der Waals surface area contributed by atoms with Gasteiger partial charge >= 0.3 is 0 Å². The van der Waals surface area contributed by atoms with E-state index < -0.39 is 5.91 Å². The van der Waals surface area contributed by atoms with Crippen LogP contribution < -0.4 is 5.73 Å². The molecule has 1 atom stereocenters. The van der Waals surface area contributed by atoms with Gasteiger partial charge in [-0.2, -0.15) is 0 Å². The average Bonchev–Trinajstić information content (AvgIpc) is 2.25. The monoisotopic (exact) mass is 225 g/mol. The molecule has 0 aromatic rings. The van der Waals surface area contributed by atoms with Crippen molar-refractivity contribution in [1.29, 1.82) is 0 Å². The number of ether oxygens (including phenoxy) is 2. The summed E-state index contributed by atoms with van der Waals surface area (Å²) in [4.78, 5) is 21.2. The highest BCUT2D eigenvalue weighted by molar-refractivity contribution is 5.76. The van der Waals surface area contributed by atoms with E-state index in [2.05, 4.69) is 0 Å². The molecule has 0 saturated carbocycles. The highest BCUT2D eigenvalue weighted by Crippen LogP contribution is 2.14. The fourth-order valence-electron chi connectivity index (χ4n) is 1.19. The summed E-state index contributed by atoms with van der Waals surface area (Å²) in [5.41, 5.74) is 4.94. The van der Waals surface area contributed by atoms with Crippen molar-refractivity contribution in [3.63, 3.8) is 0 Å². The van der Waals surface area contributed by atoms with E-state index in [1.165, 1.54) is 6.92 Å². The molecule has 0 aromatic heterocycles. The van der Waals surface area contributed by atoms with Crippen LogP contribution >= 0.6 is 0 Å². The number of hydrogen-bond donors (Lipinski definition) is 1. The zero-order valence-electron chi connectivity index (χ0n) is 9.14. The van der Waals surface area contributed by atoms with Crippen LogP contribution in [0.25, 0.3) is 0 Å². The van der Waals surface area contributed by atoms with Gasteiger partial charge in [-0.05, 0) is 25.5 Å². The summed E-state index contributed by atoms with van der Waals surface area (Å²) < 4.78 is 10.4. The van der Waals surface area contributed by atoms with E-state index in [0.29, 0.717) is 12.2 Å². The fourth-order valence-corrected chi connectivity index (χ4v) is 1.19. The van der Waals surface area contributed by atoms with E-state index >= 15 is 0 Å². The quantitative estimate of drug-likeness (QED) is 0.705. The van der Waals surface area contributed by atoms with Crippen molar-refractivity contribution in [2.75, 3.05) is 13.2 Å². The Bertz CT molecular complexity index is 333. The predicted molar refractivity (Wildman–Crippen MR) is 57.4 cm³/mol. The van der Waals surface area contributed by atoms with Gasteiger partial charge in [-0.3, -0.25) is 9.59 Å². The second-order valence-electron chi connectivity index (χ2n) is 3.51. The van der Waals surface area contributed by atoms with Gasteiger partial charge in [0.2, 0.25) is 0 Å². The lowest BCUT2D eigenvalue weighted by Crippen LogP contribution is -2.19. The Hall–Kier alpha value is -1.62. The zero-order valence-corrected chi connectivity index (χ0v) is 9.14. The average molecular weight is 225 g/mol. The Morgan fingerprint density at radius 1 is 1.50 bits per heavy atom. The lowest BCUT2D eigenvalue weighted by atomic mass is 10.1. The summed E-state index contributed by atoms with van der Waals surface area (Å²) in [6.45, 7) is 1.46. The van der Waals surface area contributed by atoms with Crippen molar-refractivity contribution in [2.45, 2.75) is 19.4 Å². The molecular formula is C11H15NO4. The zero-order chi connectivity index (χ0) is 12.0. The molecule has 0 aromatic carbocycles. The van der Waals surface area contributed by atoms with E-state index in [-0.39, 0.29) is 25.1 Å². The molecule has 0 aliphatic heterocycles. The molecule has 1 aliphatic rings. The van der Waals surface area contributed by atoms with Crippen LogP contribution in [0, 0.1) is 0 Å². The van der Waals surface area contributed by atoms with E-state index in [0.717, 1.165) is 0 Å².